The van der Waals surface area contributed by atoms with Crippen molar-refractivity contribution >= 4 is 35.2 Å². The topological polar surface area (TPSA) is 40.6 Å². The molecule has 1 saturated heterocycles. The van der Waals surface area contributed by atoms with Crippen molar-refractivity contribution in [2.24, 2.45) is 0 Å². The van der Waals surface area contributed by atoms with Gasteiger partial charge in [0.2, 0.25) is 5.91 Å². The largest absolute Gasteiger partial charge is 0.338 e. The minimum absolute atomic E-state index is 0.0257. The van der Waals surface area contributed by atoms with Crippen LogP contribution < -0.4 is 0 Å². The fourth-order valence-corrected chi connectivity index (χ4v) is 4.21. The van der Waals surface area contributed by atoms with E-state index in [1.54, 1.807) is 21.9 Å². The molecule has 0 saturated carbocycles. The Balaban J connectivity index is 1.56. The first kappa shape index (κ1) is 19.7. The third-order valence-corrected chi connectivity index (χ3v) is 6.05. The van der Waals surface area contributed by atoms with E-state index >= 15 is 0 Å². The van der Waals surface area contributed by atoms with Crippen LogP contribution in [0.4, 0.5) is 4.39 Å². The number of carbonyl (C=O) groups excluding carboxylic acids is 2. The fraction of sp³-hybridized carbons (Fsp3) is 0.300. The third-order valence-electron chi connectivity index (χ3n) is 4.44. The van der Waals surface area contributed by atoms with E-state index in [4.69, 9.17) is 11.6 Å². The zero-order valence-electron chi connectivity index (χ0n) is 14.9. The number of carbonyl (C=O) groups is 2. The van der Waals surface area contributed by atoms with Gasteiger partial charge in [-0.15, -0.1) is 11.8 Å². The van der Waals surface area contributed by atoms with Crippen LogP contribution in [-0.2, 0) is 4.79 Å². The van der Waals surface area contributed by atoms with Gasteiger partial charge in [-0.25, -0.2) is 4.39 Å². The molecule has 2 aromatic carbocycles. The van der Waals surface area contributed by atoms with Gasteiger partial charge in [0, 0.05) is 36.6 Å². The minimum atomic E-state index is -0.430. The first-order chi connectivity index (χ1) is 13.0. The van der Waals surface area contributed by atoms with Gasteiger partial charge in [-0.3, -0.25) is 9.59 Å². The van der Waals surface area contributed by atoms with Gasteiger partial charge >= 0.3 is 0 Å². The summed E-state index contributed by atoms with van der Waals surface area (Å²) >= 11 is 7.60. The molecule has 1 atom stereocenters. The summed E-state index contributed by atoms with van der Waals surface area (Å²) in [5.74, 6) is -0.613. The van der Waals surface area contributed by atoms with Crippen molar-refractivity contribution in [3.8, 4) is 0 Å². The summed E-state index contributed by atoms with van der Waals surface area (Å²) in [7, 11) is 0. The number of rotatable bonds is 4. The first-order valence-electron chi connectivity index (χ1n) is 8.70. The number of amides is 2. The SMILES string of the molecule is CC(Sc1ccccc1Cl)C(=O)N1CCN(C(=O)c2cccc(F)c2)CC1. The van der Waals surface area contributed by atoms with Gasteiger partial charge in [0.05, 0.1) is 10.3 Å². The highest BCUT2D eigenvalue weighted by molar-refractivity contribution is 8.00. The van der Waals surface area contributed by atoms with Crippen molar-refractivity contribution in [1.82, 2.24) is 9.80 Å². The van der Waals surface area contributed by atoms with E-state index in [0.717, 1.165) is 4.90 Å². The summed E-state index contributed by atoms with van der Waals surface area (Å²) in [5.41, 5.74) is 0.331. The molecule has 1 heterocycles. The Morgan fingerprint density at radius 3 is 2.37 bits per heavy atom. The Labute approximate surface area is 167 Å². The molecule has 1 fully saturated rings. The second-order valence-corrected chi connectivity index (χ2v) is 8.11. The lowest BCUT2D eigenvalue weighted by Crippen LogP contribution is -2.52. The summed E-state index contributed by atoms with van der Waals surface area (Å²) in [4.78, 5) is 29.5. The molecule has 0 radical (unpaired) electrons. The normalized spacial score (nSPS) is 15.5. The standard InChI is InChI=1S/C20H20ClFN2O2S/c1-14(27-18-8-3-2-7-17(18)21)19(25)23-9-11-24(12-10-23)20(26)15-5-4-6-16(22)13-15/h2-8,13-14H,9-12H2,1H3. The molecular formula is C20H20ClFN2O2S. The summed E-state index contributed by atoms with van der Waals surface area (Å²) in [6.07, 6.45) is 0. The van der Waals surface area contributed by atoms with Crippen molar-refractivity contribution in [1.29, 1.82) is 0 Å². The lowest BCUT2D eigenvalue weighted by Gasteiger charge is -2.36. The smallest absolute Gasteiger partial charge is 0.254 e. The van der Waals surface area contributed by atoms with Gasteiger partial charge in [0.15, 0.2) is 0 Å². The summed E-state index contributed by atoms with van der Waals surface area (Å²) in [6, 6.07) is 13.1. The zero-order chi connectivity index (χ0) is 19.4. The van der Waals surface area contributed by atoms with E-state index in [0.29, 0.717) is 36.8 Å². The van der Waals surface area contributed by atoms with E-state index in [1.165, 1.54) is 30.0 Å². The van der Waals surface area contributed by atoms with Crippen LogP contribution in [0.2, 0.25) is 5.02 Å². The predicted molar refractivity (Wildman–Crippen MR) is 106 cm³/mol. The molecular weight excluding hydrogens is 387 g/mol. The van der Waals surface area contributed by atoms with Crippen LogP contribution >= 0.6 is 23.4 Å². The van der Waals surface area contributed by atoms with Crippen molar-refractivity contribution in [2.45, 2.75) is 17.1 Å². The second kappa shape index (κ2) is 8.76. The molecule has 0 aromatic heterocycles. The monoisotopic (exact) mass is 406 g/mol. The Bertz CT molecular complexity index is 840. The molecule has 1 unspecified atom stereocenters. The van der Waals surface area contributed by atoms with E-state index in [-0.39, 0.29) is 17.1 Å². The van der Waals surface area contributed by atoms with Crippen LogP contribution in [0, 0.1) is 5.82 Å². The van der Waals surface area contributed by atoms with Gasteiger partial charge in [-0.1, -0.05) is 29.8 Å². The lowest BCUT2D eigenvalue weighted by atomic mass is 10.1. The van der Waals surface area contributed by atoms with E-state index < -0.39 is 5.82 Å². The maximum atomic E-state index is 13.3. The van der Waals surface area contributed by atoms with Crippen molar-refractivity contribution in [2.75, 3.05) is 26.2 Å². The van der Waals surface area contributed by atoms with Gasteiger partial charge in [0.1, 0.15) is 5.82 Å². The second-order valence-electron chi connectivity index (χ2n) is 6.32. The molecule has 2 aromatic rings. The molecule has 4 nitrogen and oxygen atoms in total. The molecule has 27 heavy (non-hydrogen) atoms. The minimum Gasteiger partial charge on any atom is -0.338 e. The average Bonchev–Trinajstić information content (AvgIpc) is 2.68. The Kier molecular flexibility index (Phi) is 6.39. The average molecular weight is 407 g/mol. The number of benzene rings is 2. The van der Waals surface area contributed by atoms with Crippen molar-refractivity contribution < 1.29 is 14.0 Å². The summed E-state index contributed by atoms with van der Waals surface area (Å²) in [5, 5.41) is 0.364. The molecule has 142 valence electrons. The van der Waals surface area contributed by atoms with Gasteiger partial charge in [0.25, 0.3) is 5.91 Å². The lowest BCUT2D eigenvalue weighted by molar-refractivity contribution is -0.131. The molecule has 7 heteroatoms. The van der Waals surface area contributed by atoms with Crippen LogP contribution in [-0.4, -0.2) is 53.0 Å². The predicted octanol–water partition coefficient (Wildman–Crippen LogP) is 3.94. The summed E-state index contributed by atoms with van der Waals surface area (Å²) < 4.78 is 13.3. The maximum Gasteiger partial charge on any atom is 0.254 e. The van der Waals surface area contributed by atoms with Crippen LogP contribution in [0.5, 0.6) is 0 Å². The number of halogens is 2. The summed E-state index contributed by atoms with van der Waals surface area (Å²) in [6.45, 7) is 3.66. The van der Waals surface area contributed by atoms with Gasteiger partial charge in [-0.05, 0) is 37.3 Å². The highest BCUT2D eigenvalue weighted by Crippen LogP contribution is 2.31. The highest BCUT2D eigenvalue weighted by atomic mass is 35.5. The van der Waals surface area contributed by atoms with Crippen LogP contribution in [0.15, 0.2) is 53.4 Å². The molecule has 1 aliphatic rings. The molecule has 0 bridgehead atoms. The number of thioether (sulfide) groups is 1. The Morgan fingerprint density at radius 1 is 1.04 bits per heavy atom. The van der Waals surface area contributed by atoms with Crippen LogP contribution in [0.1, 0.15) is 17.3 Å². The maximum absolute atomic E-state index is 13.3. The molecule has 0 aliphatic carbocycles. The number of piperazine rings is 1. The van der Waals surface area contributed by atoms with E-state index in [1.807, 2.05) is 25.1 Å². The van der Waals surface area contributed by atoms with E-state index in [9.17, 15) is 14.0 Å². The van der Waals surface area contributed by atoms with E-state index in [2.05, 4.69) is 0 Å². The van der Waals surface area contributed by atoms with Gasteiger partial charge < -0.3 is 9.80 Å². The first-order valence-corrected chi connectivity index (χ1v) is 9.96. The molecule has 2 amide bonds. The van der Waals surface area contributed by atoms with Crippen molar-refractivity contribution in [3.05, 3.63) is 64.9 Å². The molecule has 0 spiro atoms. The highest BCUT2D eigenvalue weighted by Gasteiger charge is 2.28. The molecule has 0 N–H and O–H groups in total. The fourth-order valence-electron chi connectivity index (χ4n) is 2.97. The van der Waals surface area contributed by atoms with Crippen molar-refractivity contribution in [3.63, 3.8) is 0 Å². The quantitative estimate of drug-likeness (QED) is 0.722. The molecule has 3 rings (SSSR count). The number of hydrogen-bond acceptors (Lipinski definition) is 3. The van der Waals surface area contributed by atoms with Crippen LogP contribution in [0.25, 0.3) is 0 Å². The number of nitrogens with zero attached hydrogens (tertiary/aromatic N) is 2. The Hall–Kier alpha value is -2.05. The van der Waals surface area contributed by atoms with Crippen LogP contribution in [0.3, 0.4) is 0 Å². The molecule has 1 aliphatic heterocycles. The number of hydrogen-bond donors (Lipinski definition) is 0. The third kappa shape index (κ3) is 4.82. The zero-order valence-corrected chi connectivity index (χ0v) is 16.5. The Morgan fingerprint density at radius 2 is 1.70 bits per heavy atom. The van der Waals surface area contributed by atoms with Gasteiger partial charge in [-0.2, -0.15) is 0 Å².